The van der Waals surface area contributed by atoms with Crippen molar-refractivity contribution in [1.82, 2.24) is 0 Å². The Kier molecular flexibility index (Phi) is 3.59. The van der Waals surface area contributed by atoms with Gasteiger partial charge in [0.1, 0.15) is 5.82 Å². The normalized spacial score (nSPS) is 11.4. The minimum atomic E-state index is -4.85. The zero-order chi connectivity index (χ0) is 13.2. The lowest BCUT2D eigenvalue weighted by molar-refractivity contribution is -0.138. The predicted octanol–water partition coefficient (Wildman–Crippen LogP) is 2.60. The van der Waals surface area contributed by atoms with E-state index in [1.165, 1.54) is 6.92 Å². The highest BCUT2D eigenvalue weighted by molar-refractivity contribution is 5.92. The predicted molar refractivity (Wildman–Crippen MR) is 51.8 cm³/mol. The number of alkyl halides is 3. The Morgan fingerprint density at radius 2 is 2.00 bits per heavy atom. The summed E-state index contributed by atoms with van der Waals surface area (Å²) in [6, 6.07) is 0.803. The second kappa shape index (κ2) is 4.60. The van der Waals surface area contributed by atoms with Crippen molar-refractivity contribution in [1.29, 1.82) is 0 Å². The van der Waals surface area contributed by atoms with E-state index < -0.39 is 34.8 Å². The van der Waals surface area contributed by atoms with Gasteiger partial charge in [0, 0.05) is 0 Å². The molecule has 0 saturated carbocycles. The molecule has 0 aliphatic heterocycles. The van der Waals surface area contributed by atoms with Gasteiger partial charge < -0.3 is 10.5 Å². The first-order valence-corrected chi connectivity index (χ1v) is 4.60. The number of rotatable bonds is 2. The molecule has 1 rings (SSSR count). The van der Waals surface area contributed by atoms with Crippen molar-refractivity contribution in [2.24, 2.45) is 0 Å². The molecule has 0 unspecified atom stereocenters. The first-order chi connectivity index (χ1) is 7.77. The molecular weight excluding hydrogens is 242 g/mol. The smallest absolute Gasteiger partial charge is 0.417 e. The van der Waals surface area contributed by atoms with Gasteiger partial charge in [0.25, 0.3) is 0 Å². The summed E-state index contributed by atoms with van der Waals surface area (Å²) in [6.07, 6.45) is -4.85. The van der Waals surface area contributed by atoms with Crippen LogP contribution in [-0.4, -0.2) is 12.6 Å². The summed E-state index contributed by atoms with van der Waals surface area (Å²) in [5.74, 6) is -2.42. The molecule has 0 bridgehead atoms. The highest BCUT2D eigenvalue weighted by Gasteiger charge is 2.36. The number of halogens is 4. The highest BCUT2D eigenvalue weighted by atomic mass is 19.4. The van der Waals surface area contributed by atoms with Gasteiger partial charge in [0.2, 0.25) is 0 Å². The number of nitrogen functional groups attached to an aromatic ring is 1. The van der Waals surface area contributed by atoms with Crippen molar-refractivity contribution in [2.75, 3.05) is 12.3 Å². The molecule has 0 atom stereocenters. The number of ether oxygens (including phenoxy) is 1. The van der Waals surface area contributed by atoms with Gasteiger partial charge in [-0.05, 0) is 19.1 Å². The van der Waals surface area contributed by atoms with Crippen LogP contribution in [-0.2, 0) is 10.9 Å². The Bertz CT molecular complexity index is 443. The molecule has 3 nitrogen and oxygen atoms in total. The van der Waals surface area contributed by atoms with Crippen LogP contribution >= 0.6 is 0 Å². The Morgan fingerprint density at radius 3 is 2.47 bits per heavy atom. The monoisotopic (exact) mass is 251 g/mol. The SMILES string of the molecule is CCOC(=O)c1cc(N)c(F)cc1C(F)(F)F. The van der Waals surface area contributed by atoms with Gasteiger partial charge in [-0.3, -0.25) is 0 Å². The van der Waals surface area contributed by atoms with Gasteiger partial charge in [0.05, 0.1) is 23.4 Å². The van der Waals surface area contributed by atoms with E-state index in [9.17, 15) is 22.4 Å². The topological polar surface area (TPSA) is 52.3 Å². The highest BCUT2D eigenvalue weighted by Crippen LogP contribution is 2.34. The van der Waals surface area contributed by atoms with Gasteiger partial charge in [-0.2, -0.15) is 13.2 Å². The van der Waals surface area contributed by atoms with Crippen LogP contribution in [0.25, 0.3) is 0 Å². The molecule has 1 aromatic rings. The fourth-order valence-electron chi connectivity index (χ4n) is 1.20. The summed E-state index contributed by atoms with van der Waals surface area (Å²) in [5.41, 5.74) is 2.38. The zero-order valence-electron chi connectivity index (χ0n) is 8.77. The fourth-order valence-corrected chi connectivity index (χ4v) is 1.20. The molecular formula is C10H9F4NO2. The van der Waals surface area contributed by atoms with Crippen molar-refractivity contribution >= 4 is 11.7 Å². The molecule has 1 aromatic carbocycles. The molecule has 0 radical (unpaired) electrons. The van der Waals surface area contributed by atoms with Crippen LogP contribution in [0.5, 0.6) is 0 Å². The van der Waals surface area contributed by atoms with Crippen LogP contribution in [0.3, 0.4) is 0 Å². The Balaban J connectivity index is 3.36. The van der Waals surface area contributed by atoms with Crippen LogP contribution in [0.1, 0.15) is 22.8 Å². The third-order valence-corrected chi connectivity index (χ3v) is 1.94. The first kappa shape index (κ1) is 13.3. The lowest BCUT2D eigenvalue weighted by Gasteiger charge is -2.13. The first-order valence-electron chi connectivity index (χ1n) is 4.60. The van der Waals surface area contributed by atoms with Crippen molar-refractivity contribution < 1.29 is 27.1 Å². The molecule has 0 aliphatic carbocycles. The summed E-state index contributed by atoms with van der Waals surface area (Å²) in [7, 11) is 0. The lowest BCUT2D eigenvalue weighted by Crippen LogP contribution is -2.16. The van der Waals surface area contributed by atoms with E-state index in [0.717, 1.165) is 0 Å². The quantitative estimate of drug-likeness (QED) is 0.499. The van der Waals surface area contributed by atoms with Crippen molar-refractivity contribution in [3.63, 3.8) is 0 Å². The average molecular weight is 251 g/mol. The number of anilines is 1. The van der Waals surface area contributed by atoms with E-state index in [4.69, 9.17) is 5.73 Å². The van der Waals surface area contributed by atoms with E-state index in [-0.39, 0.29) is 12.7 Å². The molecule has 2 N–H and O–H groups in total. The van der Waals surface area contributed by atoms with E-state index in [1.54, 1.807) is 0 Å². The maximum absolute atomic E-state index is 13.0. The van der Waals surface area contributed by atoms with Crippen LogP contribution in [0, 0.1) is 5.82 Å². The van der Waals surface area contributed by atoms with Gasteiger partial charge >= 0.3 is 12.1 Å². The third-order valence-electron chi connectivity index (χ3n) is 1.94. The van der Waals surface area contributed by atoms with Crippen LogP contribution in [0.15, 0.2) is 12.1 Å². The molecule has 17 heavy (non-hydrogen) atoms. The standard InChI is InChI=1S/C10H9F4NO2/c1-2-17-9(16)5-3-8(15)7(11)4-6(5)10(12,13)14/h3-4H,2,15H2,1H3. The molecule has 0 aromatic heterocycles. The minimum absolute atomic E-state index is 0.0899. The zero-order valence-corrected chi connectivity index (χ0v) is 8.77. The summed E-state index contributed by atoms with van der Waals surface area (Å²) >= 11 is 0. The molecule has 7 heteroatoms. The van der Waals surface area contributed by atoms with Crippen molar-refractivity contribution in [3.8, 4) is 0 Å². The Hall–Kier alpha value is -1.79. The summed E-state index contributed by atoms with van der Waals surface area (Å²) in [6.45, 7) is 1.35. The molecule has 0 saturated heterocycles. The molecule has 0 fully saturated rings. The fraction of sp³-hybridized carbons (Fsp3) is 0.300. The molecule has 0 spiro atoms. The summed E-state index contributed by atoms with van der Waals surface area (Å²) < 4.78 is 55.0. The largest absolute Gasteiger partial charge is 0.462 e. The number of benzene rings is 1. The van der Waals surface area contributed by atoms with Crippen LogP contribution in [0.4, 0.5) is 23.2 Å². The second-order valence-corrected chi connectivity index (χ2v) is 3.14. The lowest BCUT2D eigenvalue weighted by atomic mass is 10.1. The van der Waals surface area contributed by atoms with Crippen molar-refractivity contribution in [3.05, 3.63) is 29.1 Å². The number of hydrogen-bond donors (Lipinski definition) is 1. The Morgan fingerprint density at radius 1 is 1.41 bits per heavy atom. The van der Waals surface area contributed by atoms with Gasteiger partial charge in [-0.1, -0.05) is 0 Å². The van der Waals surface area contributed by atoms with E-state index >= 15 is 0 Å². The molecule has 94 valence electrons. The second-order valence-electron chi connectivity index (χ2n) is 3.14. The van der Waals surface area contributed by atoms with Crippen molar-refractivity contribution in [2.45, 2.75) is 13.1 Å². The van der Waals surface area contributed by atoms with E-state index in [1.807, 2.05) is 0 Å². The minimum Gasteiger partial charge on any atom is -0.462 e. The molecule has 0 amide bonds. The number of carbonyl (C=O) groups is 1. The van der Waals surface area contributed by atoms with Gasteiger partial charge in [-0.15, -0.1) is 0 Å². The number of hydrogen-bond acceptors (Lipinski definition) is 3. The van der Waals surface area contributed by atoms with Crippen LogP contribution in [0.2, 0.25) is 0 Å². The Labute approximate surface area is 94.2 Å². The van der Waals surface area contributed by atoms with Gasteiger partial charge in [-0.25, -0.2) is 9.18 Å². The number of esters is 1. The maximum atomic E-state index is 13.0. The molecule has 0 aliphatic rings. The average Bonchev–Trinajstić information content (AvgIpc) is 2.20. The maximum Gasteiger partial charge on any atom is 0.417 e. The number of carbonyl (C=O) groups excluding carboxylic acids is 1. The van der Waals surface area contributed by atoms with E-state index in [0.29, 0.717) is 6.07 Å². The van der Waals surface area contributed by atoms with Gasteiger partial charge in [0.15, 0.2) is 0 Å². The molecule has 0 heterocycles. The van der Waals surface area contributed by atoms with E-state index in [2.05, 4.69) is 4.74 Å². The number of nitrogens with two attached hydrogens (primary N) is 1. The summed E-state index contributed by atoms with van der Waals surface area (Å²) in [4.78, 5) is 11.3. The summed E-state index contributed by atoms with van der Waals surface area (Å²) in [5, 5.41) is 0. The van der Waals surface area contributed by atoms with Crippen LogP contribution < -0.4 is 5.73 Å². The third kappa shape index (κ3) is 2.86.